The lowest BCUT2D eigenvalue weighted by Gasteiger charge is -2.15. The van der Waals surface area contributed by atoms with E-state index in [0.717, 1.165) is 33.6 Å². The van der Waals surface area contributed by atoms with E-state index in [-0.39, 0.29) is 0 Å². The lowest BCUT2D eigenvalue weighted by molar-refractivity contribution is 0.324. The molecule has 0 saturated carbocycles. The molecule has 0 atom stereocenters. The summed E-state index contributed by atoms with van der Waals surface area (Å²) in [6.07, 6.45) is 1.80. The molecule has 0 amide bonds. The van der Waals surface area contributed by atoms with Gasteiger partial charge < -0.3 is 18.9 Å². The maximum atomic E-state index is 5.55. The molecule has 0 radical (unpaired) electrons. The van der Waals surface area contributed by atoms with Crippen LogP contribution in [0.5, 0.6) is 23.0 Å². The number of imidazole rings is 1. The highest BCUT2D eigenvalue weighted by atomic mass is 16.5. The van der Waals surface area contributed by atoms with Crippen LogP contribution < -0.4 is 18.9 Å². The van der Waals surface area contributed by atoms with Crippen molar-refractivity contribution in [2.24, 2.45) is 0 Å². The monoisotopic (exact) mass is 404 g/mol. The number of rotatable bonds is 7. The highest BCUT2D eigenvalue weighted by Crippen LogP contribution is 2.40. The number of fused-ring (bicyclic) bond motifs is 1. The van der Waals surface area contributed by atoms with Crippen LogP contribution in [0.2, 0.25) is 0 Å². The average molecular weight is 404 g/mol. The van der Waals surface area contributed by atoms with Gasteiger partial charge in [-0.2, -0.15) is 0 Å². The Morgan fingerprint density at radius 2 is 1.47 bits per heavy atom. The first-order valence-electron chi connectivity index (χ1n) is 9.69. The standard InChI is InChI=1S/C24H24N2O4/c1-5-30-19-9-6-16(7-10-19)17-8-11-20-21(12-17)26(15-25-20)18-13-22(27-2)24(29-4)23(14-18)28-3/h6-15H,5H2,1-4H3. The van der Waals surface area contributed by atoms with Crippen molar-refractivity contribution in [3.63, 3.8) is 0 Å². The van der Waals surface area contributed by atoms with Gasteiger partial charge in [-0.1, -0.05) is 18.2 Å². The lowest BCUT2D eigenvalue weighted by Crippen LogP contribution is -1.99. The van der Waals surface area contributed by atoms with Crippen LogP contribution in [-0.4, -0.2) is 37.5 Å². The third-order valence-electron chi connectivity index (χ3n) is 4.97. The Kier molecular flexibility index (Phi) is 5.48. The van der Waals surface area contributed by atoms with Crippen LogP contribution in [0.1, 0.15) is 6.92 Å². The molecule has 4 rings (SSSR count). The molecular formula is C24H24N2O4. The Labute approximate surface area is 175 Å². The number of ether oxygens (including phenoxy) is 4. The zero-order valence-corrected chi connectivity index (χ0v) is 17.5. The Morgan fingerprint density at radius 3 is 2.07 bits per heavy atom. The predicted molar refractivity (Wildman–Crippen MR) is 117 cm³/mol. The van der Waals surface area contributed by atoms with E-state index in [2.05, 4.69) is 29.2 Å². The van der Waals surface area contributed by atoms with Gasteiger partial charge in [0.2, 0.25) is 5.75 Å². The van der Waals surface area contributed by atoms with Gasteiger partial charge in [0, 0.05) is 12.1 Å². The average Bonchev–Trinajstić information content (AvgIpc) is 3.22. The van der Waals surface area contributed by atoms with Crippen molar-refractivity contribution >= 4 is 11.0 Å². The fourth-order valence-corrected chi connectivity index (χ4v) is 3.51. The van der Waals surface area contributed by atoms with Gasteiger partial charge in [-0.15, -0.1) is 0 Å². The first kappa shape index (κ1) is 19.6. The first-order chi connectivity index (χ1) is 14.7. The van der Waals surface area contributed by atoms with Gasteiger partial charge >= 0.3 is 0 Å². The van der Waals surface area contributed by atoms with Gasteiger partial charge in [-0.3, -0.25) is 4.57 Å². The second kappa shape index (κ2) is 8.37. The molecule has 0 unspecified atom stereocenters. The molecule has 6 heteroatoms. The molecule has 0 aliphatic carbocycles. The minimum Gasteiger partial charge on any atom is -0.494 e. The van der Waals surface area contributed by atoms with Gasteiger partial charge in [0.1, 0.15) is 12.1 Å². The highest BCUT2D eigenvalue weighted by Gasteiger charge is 2.16. The second-order valence-corrected chi connectivity index (χ2v) is 6.66. The van der Waals surface area contributed by atoms with Gasteiger partial charge in [0.05, 0.1) is 44.7 Å². The van der Waals surface area contributed by atoms with Crippen LogP contribution in [0.15, 0.2) is 60.9 Å². The quantitative estimate of drug-likeness (QED) is 0.428. The van der Waals surface area contributed by atoms with Crippen molar-refractivity contribution in [1.82, 2.24) is 9.55 Å². The molecule has 3 aromatic carbocycles. The summed E-state index contributed by atoms with van der Waals surface area (Å²) in [5.41, 5.74) is 4.96. The van der Waals surface area contributed by atoms with Crippen molar-refractivity contribution in [1.29, 1.82) is 0 Å². The largest absolute Gasteiger partial charge is 0.494 e. The van der Waals surface area contributed by atoms with Crippen molar-refractivity contribution in [2.45, 2.75) is 6.92 Å². The zero-order valence-electron chi connectivity index (χ0n) is 17.5. The Balaban J connectivity index is 1.80. The van der Waals surface area contributed by atoms with E-state index in [4.69, 9.17) is 18.9 Å². The SMILES string of the molecule is CCOc1ccc(-c2ccc3ncn(-c4cc(OC)c(OC)c(OC)c4)c3c2)cc1. The summed E-state index contributed by atoms with van der Waals surface area (Å²) in [4.78, 5) is 4.55. The molecule has 0 saturated heterocycles. The first-order valence-corrected chi connectivity index (χ1v) is 9.69. The van der Waals surface area contributed by atoms with Crippen LogP contribution in [0.4, 0.5) is 0 Å². The van der Waals surface area contributed by atoms with Gasteiger partial charge in [-0.05, 0) is 42.3 Å². The van der Waals surface area contributed by atoms with Gasteiger partial charge in [0.25, 0.3) is 0 Å². The van der Waals surface area contributed by atoms with Gasteiger partial charge in [0.15, 0.2) is 11.5 Å². The second-order valence-electron chi connectivity index (χ2n) is 6.66. The molecule has 1 aromatic heterocycles. The van der Waals surface area contributed by atoms with Gasteiger partial charge in [-0.25, -0.2) is 4.98 Å². The number of nitrogens with zero attached hydrogens (tertiary/aromatic N) is 2. The zero-order chi connectivity index (χ0) is 21.1. The number of hydrogen-bond donors (Lipinski definition) is 0. The fourth-order valence-electron chi connectivity index (χ4n) is 3.51. The molecule has 0 spiro atoms. The molecule has 0 aliphatic rings. The summed E-state index contributed by atoms with van der Waals surface area (Å²) < 4.78 is 24.0. The molecule has 6 nitrogen and oxygen atoms in total. The third-order valence-corrected chi connectivity index (χ3v) is 4.97. The van der Waals surface area contributed by atoms with E-state index in [0.29, 0.717) is 23.9 Å². The number of benzene rings is 3. The molecule has 1 heterocycles. The van der Waals surface area contributed by atoms with Crippen LogP contribution >= 0.6 is 0 Å². The van der Waals surface area contributed by atoms with E-state index in [1.54, 1.807) is 27.7 Å². The van der Waals surface area contributed by atoms with Crippen LogP contribution in [0.3, 0.4) is 0 Å². The fraction of sp³-hybridized carbons (Fsp3) is 0.208. The van der Waals surface area contributed by atoms with E-state index in [9.17, 15) is 0 Å². The molecule has 0 bridgehead atoms. The number of aromatic nitrogens is 2. The molecule has 4 aromatic rings. The summed E-state index contributed by atoms with van der Waals surface area (Å²) in [7, 11) is 4.81. The van der Waals surface area contributed by atoms with E-state index in [1.807, 2.05) is 41.8 Å². The maximum Gasteiger partial charge on any atom is 0.203 e. The molecule has 30 heavy (non-hydrogen) atoms. The van der Waals surface area contributed by atoms with Crippen LogP contribution in [0.25, 0.3) is 27.8 Å². The summed E-state index contributed by atoms with van der Waals surface area (Å²) in [5, 5.41) is 0. The molecule has 154 valence electrons. The predicted octanol–water partition coefficient (Wildman–Crippen LogP) is 5.12. The summed E-state index contributed by atoms with van der Waals surface area (Å²) in [5.74, 6) is 2.61. The van der Waals surface area contributed by atoms with E-state index >= 15 is 0 Å². The Bertz CT molecular complexity index is 1140. The minimum absolute atomic E-state index is 0.559. The topological polar surface area (TPSA) is 54.7 Å². The Morgan fingerprint density at radius 1 is 0.800 bits per heavy atom. The van der Waals surface area contributed by atoms with Crippen molar-refractivity contribution in [3.05, 3.63) is 60.9 Å². The summed E-state index contributed by atoms with van der Waals surface area (Å²) >= 11 is 0. The molecule has 0 fully saturated rings. The van der Waals surface area contributed by atoms with Crippen LogP contribution in [-0.2, 0) is 0 Å². The lowest BCUT2D eigenvalue weighted by atomic mass is 10.0. The molecule has 0 N–H and O–H groups in total. The van der Waals surface area contributed by atoms with Crippen molar-refractivity contribution < 1.29 is 18.9 Å². The summed E-state index contributed by atoms with van der Waals surface area (Å²) in [6, 6.07) is 18.1. The smallest absolute Gasteiger partial charge is 0.203 e. The normalized spacial score (nSPS) is 10.8. The van der Waals surface area contributed by atoms with E-state index < -0.39 is 0 Å². The summed E-state index contributed by atoms with van der Waals surface area (Å²) in [6.45, 7) is 2.63. The number of hydrogen-bond acceptors (Lipinski definition) is 5. The number of methoxy groups -OCH3 is 3. The maximum absolute atomic E-state index is 5.55. The van der Waals surface area contributed by atoms with Crippen LogP contribution in [0, 0.1) is 0 Å². The molecule has 0 aliphatic heterocycles. The van der Waals surface area contributed by atoms with Crippen molar-refractivity contribution in [2.75, 3.05) is 27.9 Å². The Hall–Kier alpha value is -3.67. The minimum atomic E-state index is 0.559. The highest BCUT2D eigenvalue weighted by molar-refractivity contribution is 5.84. The van der Waals surface area contributed by atoms with E-state index in [1.165, 1.54) is 0 Å². The van der Waals surface area contributed by atoms with Crippen molar-refractivity contribution in [3.8, 4) is 39.8 Å². The molecular weight excluding hydrogens is 380 g/mol. The third kappa shape index (κ3) is 3.52.